The standard InChI is InChI=1S/C17H22N2O2/c1-13-6-7-14(2)15(10-13)21-11-16(20)19-17(12-18)8-4-3-5-9-17/h6-7,10H,3-5,8-9,11H2,1-2H3,(H,19,20). The van der Waals surface area contributed by atoms with Gasteiger partial charge in [0.2, 0.25) is 0 Å². The molecule has 0 bridgehead atoms. The van der Waals surface area contributed by atoms with Crippen molar-refractivity contribution >= 4 is 5.91 Å². The van der Waals surface area contributed by atoms with Gasteiger partial charge < -0.3 is 10.1 Å². The van der Waals surface area contributed by atoms with Gasteiger partial charge in [0.1, 0.15) is 11.3 Å². The summed E-state index contributed by atoms with van der Waals surface area (Å²) in [5.41, 5.74) is 1.40. The average molecular weight is 286 g/mol. The zero-order valence-electron chi connectivity index (χ0n) is 12.7. The quantitative estimate of drug-likeness (QED) is 0.925. The van der Waals surface area contributed by atoms with Gasteiger partial charge in [-0.05, 0) is 43.9 Å². The van der Waals surface area contributed by atoms with Gasteiger partial charge in [-0.25, -0.2) is 0 Å². The number of hydrogen-bond donors (Lipinski definition) is 1. The number of nitrogens with one attached hydrogen (secondary N) is 1. The van der Waals surface area contributed by atoms with Gasteiger partial charge in [0, 0.05) is 0 Å². The highest BCUT2D eigenvalue weighted by Crippen LogP contribution is 2.27. The topological polar surface area (TPSA) is 62.1 Å². The summed E-state index contributed by atoms with van der Waals surface area (Å²) in [5.74, 6) is 0.499. The highest BCUT2D eigenvalue weighted by molar-refractivity contribution is 5.79. The van der Waals surface area contributed by atoms with E-state index in [0.29, 0.717) is 0 Å². The number of nitrogens with zero attached hydrogens (tertiary/aromatic N) is 1. The fourth-order valence-corrected chi connectivity index (χ4v) is 2.73. The molecule has 2 rings (SSSR count). The highest BCUT2D eigenvalue weighted by atomic mass is 16.5. The van der Waals surface area contributed by atoms with E-state index in [2.05, 4.69) is 11.4 Å². The second kappa shape index (κ2) is 6.62. The molecule has 1 N–H and O–H groups in total. The SMILES string of the molecule is Cc1ccc(C)c(OCC(=O)NC2(C#N)CCCCC2)c1. The van der Waals surface area contributed by atoms with Crippen LogP contribution < -0.4 is 10.1 Å². The summed E-state index contributed by atoms with van der Waals surface area (Å²) in [4.78, 5) is 12.1. The zero-order valence-corrected chi connectivity index (χ0v) is 12.7. The average Bonchev–Trinajstić information content (AvgIpc) is 2.49. The molecule has 0 heterocycles. The number of carbonyl (C=O) groups is 1. The van der Waals surface area contributed by atoms with Crippen LogP contribution in [-0.4, -0.2) is 18.1 Å². The van der Waals surface area contributed by atoms with E-state index in [1.165, 1.54) is 0 Å². The maximum absolute atomic E-state index is 12.1. The van der Waals surface area contributed by atoms with Crippen molar-refractivity contribution in [2.45, 2.75) is 51.5 Å². The van der Waals surface area contributed by atoms with Crippen LogP contribution in [0.1, 0.15) is 43.2 Å². The van der Waals surface area contributed by atoms with Gasteiger partial charge in [-0.1, -0.05) is 31.4 Å². The molecule has 1 aromatic rings. The molecule has 4 heteroatoms. The molecule has 0 radical (unpaired) electrons. The van der Waals surface area contributed by atoms with Crippen molar-refractivity contribution in [3.63, 3.8) is 0 Å². The Bertz CT molecular complexity index is 554. The lowest BCUT2D eigenvalue weighted by atomic mass is 9.83. The molecule has 0 spiro atoms. The maximum Gasteiger partial charge on any atom is 0.259 e. The fraction of sp³-hybridized carbons (Fsp3) is 0.529. The first kappa shape index (κ1) is 15.4. The van der Waals surface area contributed by atoms with Crippen LogP contribution in [0.25, 0.3) is 0 Å². The van der Waals surface area contributed by atoms with Crippen LogP contribution in [-0.2, 0) is 4.79 Å². The Morgan fingerprint density at radius 2 is 2.05 bits per heavy atom. The summed E-state index contributed by atoms with van der Waals surface area (Å²) in [5, 5.41) is 12.2. The summed E-state index contributed by atoms with van der Waals surface area (Å²) in [6.45, 7) is 3.89. The van der Waals surface area contributed by atoms with Crippen molar-refractivity contribution in [3.8, 4) is 11.8 Å². The minimum atomic E-state index is -0.694. The molecular weight excluding hydrogens is 264 g/mol. The lowest BCUT2D eigenvalue weighted by Crippen LogP contribution is -2.50. The monoisotopic (exact) mass is 286 g/mol. The van der Waals surface area contributed by atoms with Crippen LogP contribution >= 0.6 is 0 Å². The van der Waals surface area contributed by atoms with Gasteiger partial charge >= 0.3 is 0 Å². The summed E-state index contributed by atoms with van der Waals surface area (Å²) >= 11 is 0. The van der Waals surface area contributed by atoms with E-state index < -0.39 is 5.54 Å². The Balaban J connectivity index is 1.93. The third kappa shape index (κ3) is 3.98. The maximum atomic E-state index is 12.1. The van der Waals surface area contributed by atoms with E-state index in [0.717, 1.165) is 49.0 Å². The molecule has 112 valence electrons. The Morgan fingerprint density at radius 1 is 1.33 bits per heavy atom. The fourth-order valence-electron chi connectivity index (χ4n) is 2.73. The highest BCUT2D eigenvalue weighted by Gasteiger charge is 2.33. The number of rotatable bonds is 4. The molecule has 0 aromatic heterocycles. The predicted molar refractivity (Wildman–Crippen MR) is 81.0 cm³/mol. The lowest BCUT2D eigenvalue weighted by molar-refractivity contribution is -0.124. The summed E-state index contributed by atoms with van der Waals surface area (Å²) < 4.78 is 5.59. The normalized spacial score (nSPS) is 16.8. The van der Waals surface area contributed by atoms with Crippen LogP contribution in [0.5, 0.6) is 5.75 Å². The van der Waals surface area contributed by atoms with E-state index in [9.17, 15) is 10.1 Å². The molecule has 1 fully saturated rings. The zero-order chi connectivity index (χ0) is 15.3. The van der Waals surface area contributed by atoms with E-state index in [-0.39, 0.29) is 12.5 Å². The molecule has 1 saturated carbocycles. The Kier molecular flexibility index (Phi) is 4.85. The van der Waals surface area contributed by atoms with E-state index in [4.69, 9.17) is 4.74 Å². The van der Waals surface area contributed by atoms with E-state index >= 15 is 0 Å². The van der Waals surface area contributed by atoms with Gasteiger partial charge in [-0.3, -0.25) is 4.79 Å². The molecule has 1 aliphatic rings. The third-order valence-corrected chi connectivity index (χ3v) is 4.00. The third-order valence-electron chi connectivity index (χ3n) is 4.00. The summed E-state index contributed by atoms with van der Waals surface area (Å²) in [6.07, 6.45) is 4.59. The molecule has 0 aliphatic heterocycles. The minimum absolute atomic E-state index is 0.0479. The molecule has 1 amide bonds. The molecule has 0 saturated heterocycles. The molecule has 4 nitrogen and oxygen atoms in total. The van der Waals surface area contributed by atoms with Crippen LogP contribution in [0, 0.1) is 25.2 Å². The van der Waals surface area contributed by atoms with Crippen molar-refractivity contribution in [3.05, 3.63) is 29.3 Å². The predicted octanol–water partition coefficient (Wildman–Crippen LogP) is 3.02. The van der Waals surface area contributed by atoms with E-state index in [1.54, 1.807) is 0 Å². The second-order valence-electron chi connectivity index (χ2n) is 5.86. The smallest absolute Gasteiger partial charge is 0.259 e. The number of benzene rings is 1. The van der Waals surface area contributed by atoms with Crippen LogP contribution in [0.2, 0.25) is 0 Å². The molecule has 0 unspecified atom stereocenters. The Labute approximate surface area is 126 Å². The lowest BCUT2D eigenvalue weighted by Gasteiger charge is -2.31. The number of aryl methyl sites for hydroxylation is 2. The number of nitriles is 1. The van der Waals surface area contributed by atoms with Crippen molar-refractivity contribution in [1.29, 1.82) is 5.26 Å². The second-order valence-corrected chi connectivity index (χ2v) is 5.86. The van der Waals surface area contributed by atoms with Gasteiger partial charge in [-0.2, -0.15) is 5.26 Å². The van der Waals surface area contributed by atoms with Gasteiger partial charge in [0.15, 0.2) is 6.61 Å². The summed E-state index contributed by atoms with van der Waals surface area (Å²) in [6, 6.07) is 8.18. The molecule has 1 aromatic carbocycles. The summed E-state index contributed by atoms with van der Waals surface area (Å²) in [7, 11) is 0. The van der Waals surface area contributed by atoms with Gasteiger partial charge in [0.25, 0.3) is 5.91 Å². The first-order chi connectivity index (χ1) is 10.0. The number of carbonyl (C=O) groups excluding carboxylic acids is 1. The molecule has 21 heavy (non-hydrogen) atoms. The molecule has 0 atom stereocenters. The van der Waals surface area contributed by atoms with E-state index in [1.807, 2.05) is 32.0 Å². The van der Waals surface area contributed by atoms with Crippen molar-refractivity contribution in [2.24, 2.45) is 0 Å². The minimum Gasteiger partial charge on any atom is -0.483 e. The van der Waals surface area contributed by atoms with Crippen LogP contribution in [0.4, 0.5) is 0 Å². The van der Waals surface area contributed by atoms with Crippen molar-refractivity contribution in [2.75, 3.05) is 6.61 Å². The molecular formula is C17H22N2O2. The first-order valence-corrected chi connectivity index (χ1v) is 7.47. The van der Waals surface area contributed by atoms with Crippen LogP contribution in [0.15, 0.2) is 18.2 Å². The number of ether oxygens (including phenoxy) is 1. The van der Waals surface area contributed by atoms with Gasteiger partial charge in [0.05, 0.1) is 6.07 Å². The van der Waals surface area contributed by atoms with Crippen molar-refractivity contribution < 1.29 is 9.53 Å². The van der Waals surface area contributed by atoms with Crippen molar-refractivity contribution in [1.82, 2.24) is 5.32 Å². The van der Waals surface area contributed by atoms with Crippen LogP contribution in [0.3, 0.4) is 0 Å². The largest absolute Gasteiger partial charge is 0.483 e. The Morgan fingerprint density at radius 3 is 2.71 bits per heavy atom. The number of amides is 1. The first-order valence-electron chi connectivity index (χ1n) is 7.47. The van der Waals surface area contributed by atoms with Gasteiger partial charge in [-0.15, -0.1) is 0 Å². The Hall–Kier alpha value is -2.02. The molecule has 1 aliphatic carbocycles. The number of hydrogen-bond acceptors (Lipinski definition) is 3.